The average molecular weight is 224 g/mol. The predicted octanol–water partition coefficient (Wildman–Crippen LogP) is 4.08. The molecule has 0 unspecified atom stereocenters. The van der Waals surface area contributed by atoms with Crippen molar-refractivity contribution in [3.8, 4) is 0 Å². The molecule has 0 aromatic carbocycles. The number of hydrogen-bond donors (Lipinski definition) is 0. The zero-order valence-corrected chi connectivity index (χ0v) is 10.5. The summed E-state index contributed by atoms with van der Waals surface area (Å²) in [6, 6.07) is 0.475. The van der Waals surface area contributed by atoms with E-state index in [9.17, 15) is 0 Å². The van der Waals surface area contributed by atoms with Gasteiger partial charge in [-0.1, -0.05) is 25.7 Å². The highest BCUT2D eigenvalue weighted by Gasteiger charge is 2.32. The molecule has 0 radical (unpaired) electrons. The van der Waals surface area contributed by atoms with Crippen molar-refractivity contribution in [2.24, 2.45) is 10.2 Å². The van der Waals surface area contributed by atoms with Gasteiger partial charge in [-0.15, -0.1) is 0 Å². The molecule has 0 N–H and O–H groups in total. The Kier molecular flexibility index (Phi) is 4.33. The molecule has 0 atom stereocenters. The van der Waals surface area contributed by atoms with Crippen molar-refractivity contribution in [2.75, 3.05) is 7.11 Å². The van der Waals surface area contributed by atoms with Gasteiger partial charge in [-0.25, -0.2) is 0 Å². The highest BCUT2D eigenvalue weighted by molar-refractivity contribution is 4.81. The van der Waals surface area contributed by atoms with Gasteiger partial charge >= 0.3 is 0 Å². The summed E-state index contributed by atoms with van der Waals surface area (Å²) in [5.41, 5.74) is -0.268. The first-order chi connectivity index (χ1) is 7.85. The molecule has 3 nitrogen and oxygen atoms in total. The number of methoxy groups -OCH3 is 1. The smallest absolute Gasteiger partial charge is 0.178 e. The lowest BCUT2D eigenvalue weighted by atomic mass is 9.92. The Morgan fingerprint density at radius 3 is 2.19 bits per heavy atom. The number of azo groups is 1. The lowest BCUT2D eigenvalue weighted by molar-refractivity contribution is -0.0388. The number of hydrogen-bond acceptors (Lipinski definition) is 3. The Hall–Kier alpha value is -0.440. The van der Waals surface area contributed by atoms with Gasteiger partial charge in [-0.05, 0) is 38.5 Å². The molecular formula is C13H24N2O. The van der Waals surface area contributed by atoms with E-state index in [0.29, 0.717) is 6.04 Å². The van der Waals surface area contributed by atoms with Crippen molar-refractivity contribution < 1.29 is 4.74 Å². The van der Waals surface area contributed by atoms with Crippen molar-refractivity contribution in [2.45, 2.75) is 76.0 Å². The fourth-order valence-corrected chi connectivity index (χ4v) is 2.83. The molecular weight excluding hydrogens is 200 g/mol. The van der Waals surface area contributed by atoms with E-state index >= 15 is 0 Å². The Morgan fingerprint density at radius 1 is 0.938 bits per heavy atom. The number of nitrogens with zero attached hydrogens (tertiary/aromatic N) is 2. The molecule has 0 saturated heterocycles. The van der Waals surface area contributed by atoms with E-state index in [0.717, 1.165) is 12.8 Å². The summed E-state index contributed by atoms with van der Waals surface area (Å²) < 4.78 is 5.61. The number of rotatable bonds is 3. The Labute approximate surface area is 98.7 Å². The first-order valence-electron chi connectivity index (χ1n) is 6.82. The molecule has 0 bridgehead atoms. The Bertz CT molecular complexity index is 228. The molecule has 0 heterocycles. The van der Waals surface area contributed by atoms with Crippen molar-refractivity contribution in [1.82, 2.24) is 0 Å². The molecule has 16 heavy (non-hydrogen) atoms. The second-order valence-electron chi connectivity index (χ2n) is 5.22. The van der Waals surface area contributed by atoms with E-state index in [2.05, 4.69) is 10.2 Å². The minimum atomic E-state index is -0.268. The van der Waals surface area contributed by atoms with Crippen LogP contribution in [0.5, 0.6) is 0 Å². The van der Waals surface area contributed by atoms with E-state index in [1.807, 2.05) is 0 Å². The van der Waals surface area contributed by atoms with Crippen molar-refractivity contribution in [3.63, 3.8) is 0 Å². The molecule has 2 aliphatic rings. The molecule has 0 aromatic rings. The summed E-state index contributed by atoms with van der Waals surface area (Å²) in [5, 5.41) is 9.11. The van der Waals surface area contributed by atoms with Crippen LogP contribution in [0, 0.1) is 0 Å². The predicted molar refractivity (Wildman–Crippen MR) is 64.6 cm³/mol. The minimum Gasteiger partial charge on any atom is -0.355 e. The lowest BCUT2D eigenvalue weighted by Gasteiger charge is -2.31. The van der Waals surface area contributed by atoms with Gasteiger partial charge in [0.05, 0.1) is 6.04 Å². The van der Waals surface area contributed by atoms with Gasteiger partial charge in [-0.3, -0.25) is 0 Å². The lowest BCUT2D eigenvalue weighted by Crippen LogP contribution is -2.31. The molecule has 2 rings (SSSR count). The normalized spacial score (nSPS) is 27.3. The topological polar surface area (TPSA) is 34.0 Å². The molecule has 2 saturated carbocycles. The first kappa shape index (κ1) is 12.0. The third-order valence-electron chi connectivity index (χ3n) is 3.99. The summed E-state index contributed by atoms with van der Waals surface area (Å²) in [5.74, 6) is 0. The maximum absolute atomic E-state index is 5.61. The fraction of sp³-hybridized carbons (Fsp3) is 1.00. The highest BCUT2D eigenvalue weighted by atomic mass is 16.5. The molecule has 0 amide bonds. The van der Waals surface area contributed by atoms with Gasteiger partial charge in [0.15, 0.2) is 5.72 Å². The Balaban J connectivity index is 1.91. The van der Waals surface area contributed by atoms with Crippen LogP contribution in [0.3, 0.4) is 0 Å². The monoisotopic (exact) mass is 224 g/mol. The molecule has 0 aliphatic heterocycles. The van der Waals surface area contributed by atoms with Crippen LogP contribution in [0.1, 0.15) is 64.2 Å². The van der Waals surface area contributed by atoms with Gasteiger partial charge in [0.25, 0.3) is 0 Å². The van der Waals surface area contributed by atoms with Crippen LogP contribution in [0.4, 0.5) is 0 Å². The summed E-state index contributed by atoms with van der Waals surface area (Å²) >= 11 is 0. The van der Waals surface area contributed by atoms with E-state index in [1.54, 1.807) is 7.11 Å². The van der Waals surface area contributed by atoms with Crippen molar-refractivity contribution >= 4 is 0 Å². The quantitative estimate of drug-likeness (QED) is 0.665. The van der Waals surface area contributed by atoms with E-state index < -0.39 is 0 Å². The van der Waals surface area contributed by atoms with Crippen LogP contribution in [0.25, 0.3) is 0 Å². The summed E-state index contributed by atoms with van der Waals surface area (Å²) in [4.78, 5) is 0. The van der Waals surface area contributed by atoms with E-state index in [1.165, 1.54) is 51.4 Å². The summed E-state index contributed by atoms with van der Waals surface area (Å²) in [6.45, 7) is 0. The van der Waals surface area contributed by atoms with Crippen molar-refractivity contribution in [3.05, 3.63) is 0 Å². The standard InChI is InChI=1S/C13H24N2O/c1-16-13(10-6-3-7-11-13)15-14-12-8-4-2-5-9-12/h12H,2-11H2,1H3. The average Bonchev–Trinajstić information content (AvgIpc) is 2.39. The largest absolute Gasteiger partial charge is 0.355 e. The van der Waals surface area contributed by atoms with E-state index in [-0.39, 0.29) is 5.72 Å². The fourth-order valence-electron chi connectivity index (χ4n) is 2.83. The van der Waals surface area contributed by atoms with Crippen LogP contribution < -0.4 is 0 Å². The van der Waals surface area contributed by atoms with Crippen LogP contribution in [-0.2, 0) is 4.74 Å². The maximum Gasteiger partial charge on any atom is 0.178 e. The molecule has 92 valence electrons. The zero-order valence-electron chi connectivity index (χ0n) is 10.5. The van der Waals surface area contributed by atoms with Crippen LogP contribution in [-0.4, -0.2) is 18.9 Å². The van der Waals surface area contributed by atoms with Crippen LogP contribution in [0.2, 0.25) is 0 Å². The third kappa shape index (κ3) is 3.03. The van der Waals surface area contributed by atoms with Gasteiger partial charge in [0, 0.05) is 7.11 Å². The second kappa shape index (κ2) is 5.76. The third-order valence-corrected chi connectivity index (χ3v) is 3.99. The van der Waals surface area contributed by atoms with Gasteiger partial charge in [0.1, 0.15) is 0 Å². The summed E-state index contributed by atoms with van der Waals surface area (Å²) in [6.07, 6.45) is 12.4. The van der Waals surface area contributed by atoms with Crippen molar-refractivity contribution in [1.29, 1.82) is 0 Å². The highest BCUT2D eigenvalue weighted by Crippen LogP contribution is 2.33. The van der Waals surface area contributed by atoms with Gasteiger partial charge < -0.3 is 4.74 Å². The molecule has 2 aliphatic carbocycles. The SMILES string of the molecule is COC1(N=NC2CCCCC2)CCCCC1. The van der Waals surface area contributed by atoms with E-state index in [4.69, 9.17) is 4.74 Å². The second-order valence-corrected chi connectivity index (χ2v) is 5.22. The first-order valence-corrected chi connectivity index (χ1v) is 6.82. The number of ether oxygens (including phenoxy) is 1. The molecule has 0 aromatic heterocycles. The van der Waals surface area contributed by atoms with Crippen LogP contribution in [0.15, 0.2) is 10.2 Å². The summed E-state index contributed by atoms with van der Waals surface area (Å²) in [7, 11) is 1.78. The maximum atomic E-state index is 5.61. The Morgan fingerprint density at radius 2 is 1.56 bits per heavy atom. The van der Waals surface area contributed by atoms with Crippen LogP contribution >= 0.6 is 0 Å². The molecule has 2 fully saturated rings. The van der Waals surface area contributed by atoms with Gasteiger partial charge in [-0.2, -0.15) is 10.2 Å². The minimum absolute atomic E-state index is 0.268. The molecule has 0 spiro atoms. The zero-order chi connectivity index (χ0) is 11.3. The van der Waals surface area contributed by atoms with Gasteiger partial charge in [0.2, 0.25) is 0 Å². The molecule has 3 heteroatoms.